The maximum Gasteiger partial charge on any atom is 0.338 e. The van der Waals surface area contributed by atoms with Crippen LogP contribution in [0.4, 0.5) is 4.39 Å². The molecule has 4 atom stereocenters. The normalized spacial score (nSPS) is 18.6. The fourth-order valence-corrected chi connectivity index (χ4v) is 6.54. The highest BCUT2D eigenvalue weighted by Gasteiger charge is 2.48. The van der Waals surface area contributed by atoms with Crippen molar-refractivity contribution >= 4 is 17.1 Å². The van der Waals surface area contributed by atoms with Crippen LogP contribution in [0.25, 0.3) is 11.2 Å². The molecule has 1 aliphatic heterocycles. The van der Waals surface area contributed by atoms with Gasteiger partial charge >= 0.3 is 5.97 Å². The molecule has 0 radical (unpaired) electrons. The van der Waals surface area contributed by atoms with Gasteiger partial charge in [0.05, 0.1) is 39.3 Å². The summed E-state index contributed by atoms with van der Waals surface area (Å²) in [7, 11) is 3.17. The van der Waals surface area contributed by atoms with Crippen LogP contribution in [0.3, 0.4) is 0 Å². The molecule has 1 saturated heterocycles. The first kappa shape index (κ1) is 35.5. The summed E-state index contributed by atoms with van der Waals surface area (Å²) in [5.41, 5.74) is 0.999. The predicted octanol–water partition coefficient (Wildman–Crippen LogP) is 5.07. The number of esters is 1. The number of alkyl halides is 1. The van der Waals surface area contributed by atoms with Gasteiger partial charge in [0.1, 0.15) is 42.2 Å². The highest BCUT2D eigenvalue weighted by atomic mass is 19.1. The number of carbonyl (C=O) groups is 1. The molecule has 12 nitrogen and oxygen atoms in total. The van der Waals surface area contributed by atoms with Crippen molar-refractivity contribution < 1.29 is 38.0 Å². The number of benzene rings is 4. The van der Waals surface area contributed by atoms with Crippen LogP contribution in [0, 0.1) is 0 Å². The Bertz CT molecular complexity index is 2160. The van der Waals surface area contributed by atoms with E-state index in [0.717, 1.165) is 16.7 Å². The van der Waals surface area contributed by atoms with Crippen LogP contribution < -0.4 is 15.0 Å². The van der Waals surface area contributed by atoms with Crippen LogP contribution in [0.2, 0.25) is 0 Å². The molecule has 13 heteroatoms. The maximum atomic E-state index is 16.0. The van der Waals surface area contributed by atoms with E-state index in [0.29, 0.717) is 17.1 Å². The van der Waals surface area contributed by atoms with Crippen molar-refractivity contribution in [1.82, 2.24) is 19.1 Å². The zero-order chi connectivity index (χ0) is 37.0. The van der Waals surface area contributed by atoms with Crippen LogP contribution >= 0.6 is 0 Å². The van der Waals surface area contributed by atoms with E-state index < -0.39 is 41.7 Å². The molecule has 1 fully saturated rings. The lowest BCUT2D eigenvalue weighted by atomic mass is 9.80. The number of hydrogen-bond acceptors (Lipinski definition) is 10. The number of hydrogen-bond donors (Lipinski definition) is 1. The van der Waals surface area contributed by atoms with E-state index in [9.17, 15) is 14.7 Å². The number of aromatic nitrogens is 4. The Hall–Kier alpha value is -5.89. The molecule has 4 aromatic carbocycles. The lowest BCUT2D eigenvalue weighted by Crippen LogP contribution is -2.38. The Morgan fingerprint density at radius 2 is 1.42 bits per heavy atom. The van der Waals surface area contributed by atoms with Crippen LogP contribution in [0.15, 0.2) is 127 Å². The van der Waals surface area contributed by atoms with E-state index >= 15 is 4.39 Å². The molecule has 0 aliphatic carbocycles. The number of aliphatic hydroxyl groups excluding tert-OH is 1. The number of methoxy groups -OCH3 is 2. The molecule has 0 unspecified atom stereocenters. The molecule has 53 heavy (non-hydrogen) atoms. The molecule has 7 rings (SSSR count). The maximum absolute atomic E-state index is 16.0. The number of fused-ring (bicyclic) bond motifs is 1. The Kier molecular flexibility index (Phi) is 10.3. The molecular formula is C40H37FN4O8. The van der Waals surface area contributed by atoms with E-state index in [1.807, 2.05) is 78.9 Å². The monoisotopic (exact) mass is 720 g/mol. The van der Waals surface area contributed by atoms with E-state index in [1.165, 1.54) is 21.8 Å². The Labute approximate surface area is 303 Å². The van der Waals surface area contributed by atoms with E-state index in [1.54, 1.807) is 44.6 Å². The number of carbonyl (C=O) groups excluding carboxylic acids is 1. The minimum Gasteiger partial charge on any atom is -0.497 e. The van der Waals surface area contributed by atoms with Gasteiger partial charge in [0.15, 0.2) is 23.6 Å². The Morgan fingerprint density at radius 1 is 0.830 bits per heavy atom. The molecule has 1 N–H and O–H groups in total. The van der Waals surface area contributed by atoms with Crippen LogP contribution in [0.5, 0.6) is 11.5 Å². The van der Waals surface area contributed by atoms with Crippen molar-refractivity contribution in [3.8, 4) is 11.5 Å². The Morgan fingerprint density at radius 3 is 2.02 bits per heavy atom. The molecule has 0 bridgehead atoms. The third-order valence-electron chi connectivity index (χ3n) is 9.32. The van der Waals surface area contributed by atoms with Gasteiger partial charge in [-0.05, 0) is 53.1 Å². The third-order valence-corrected chi connectivity index (χ3v) is 9.32. The first-order valence-corrected chi connectivity index (χ1v) is 16.9. The average Bonchev–Trinajstić information content (AvgIpc) is 3.77. The summed E-state index contributed by atoms with van der Waals surface area (Å²) in [5, 5.41) is 11.1. The fourth-order valence-electron chi connectivity index (χ4n) is 6.54. The molecule has 6 aromatic rings. The van der Waals surface area contributed by atoms with Crippen LogP contribution in [0.1, 0.15) is 33.3 Å². The second-order valence-corrected chi connectivity index (χ2v) is 12.4. The summed E-state index contributed by atoms with van der Waals surface area (Å²) in [4.78, 5) is 34.2. The highest BCUT2D eigenvalue weighted by Crippen LogP contribution is 2.43. The average molecular weight is 721 g/mol. The van der Waals surface area contributed by atoms with Gasteiger partial charge in [-0.1, -0.05) is 72.8 Å². The van der Waals surface area contributed by atoms with Gasteiger partial charge in [-0.15, -0.1) is 0 Å². The number of aliphatic hydroxyl groups is 1. The van der Waals surface area contributed by atoms with E-state index in [-0.39, 0.29) is 30.9 Å². The highest BCUT2D eigenvalue weighted by molar-refractivity contribution is 5.89. The van der Waals surface area contributed by atoms with E-state index in [2.05, 4.69) is 9.97 Å². The largest absolute Gasteiger partial charge is 0.497 e. The third kappa shape index (κ3) is 6.89. The molecular weight excluding hydrogens is 683 g/mol. The molecule has 1 aliphatic rings. The number of nitrogens with zero attached hydrogens (tertiary/aromatic N) is 4. The topological polar surface area (TPSA) is 136 Å². The SMILES string of the molecule is COc1ccc(C(OC[C@H]2O[C@@H](n3cnc4c(=O)n(CCOC(=O)c5ccccc5)cnc43)[C@H](O)[C@@H]2F)(c2ccccc2)c2ccc(OC)cc2)cc1. The number of imidazole rings is 1. The van der Waals surface area contributed by atoms with Crippen molar-refractivity contribution in [2.75, 3.05) is 27.4 Å². The minimum atomic E-state index is -1.86. The lowest BCUT2D eigenvalue weighted by molar-refractivity contribution is -0.0894. The van der Waals surface area contributed by atoms with Crippen molar-refractivity contribution in [2.45, 2.75) is 36.8 Å². The molecule has 2 aromatic heterocycles. The molecule has 3 heterocycles. The summed E-state index contributed by atoms with van der Waals surface area (Å²) < 4.78 is 47.7. The summed E-state index contributed by atoms with van der Waals surface area (Å²) in [6.07, 6.45) is -3.40. The number of rotatable bonds is 13. The van der Waals surface area contributed by atoms with Crippen molar-refractivity contribution in [1.29, 1.82) is 0 Å². The zero-order valence-corrected chi connectivity index (χ0v) is 28.9. The predicted molar refractivity (Wildman–Crippen MR) is 192 cm³/mol. The Balaban J connectivity index is 1.14. The fraction of sp³-hybridized carbons (Fsp3) is 0.250. The van der Waals surface area contributed by atoms with Gasteiger partial charge < -0.3 is 28.8 Å². The quantitative estimate of drug-likeness (QED) is 0.127. The zero-order valence-electron chi connectivity index (χ0n) is 28.9. The minimum absolute atomic E-state index is 0.0186. The van der Waals surface area contributed by atoms with Crippen molar-refractivity contribution in [3.05, 3.63) is 154 Å². The summed E-state index contributed by atoms with van der Waals surface area (Å²) in [6.45, 7) is -0.307. The van der Waals surface area contributed by atoms with Gasteiger partial charge in [-0.3, -0.25) is 13.9 Å². The smallest absolute Gasteiger partial charge is 0.338 e. The summed E-state index contributed by atoms with van der Waals surface area (Å²) in [6, 6.07) is 32.9. The standard InChI is InChI=1S/C40H37FN4O8/c1-49-30-17-13-28(14-18-30)40(27-11-7-4-8-12-27,29-15-19-31(50-2)20-16-29)52-23-32-33(41)35(46)38(53-32)45-25-42-34-36(45)43-24-44(37(34)47)21-22-51-39(48)26-9-5-3-6-10-26/h3-20,24-25,32-33,35,38,46H,21-23H2,1-2H3/t32-,33-,35-,38-/m1/s1. The lowest BCUT2D eigenvalue weighted by Gasteiger charge is -2.37. The molecule has 0 amide bonds. The molecule has 0 spiro atoms. The van der Waals surface area contributed by atoms with Crippen molar-refractivity contribution in [3.63, 3.8) is 0 Å². The first-order valence-electron chi connectivity index (χ1n) is 16.9. The van der Waals surface area contributed by atoms with Gasteiger partial charge in [0.25, 0.3) is 5.56 Å². The summed E-state index contributed by atoms with van der Waals surface area (Å²) in [5.74, 6) is 0.787. The number of halogens is 1. The van der Waals surface area contributed by atoms with Crippen LogP contribution in [-0.4, -0.2) is 76.0 Å². The van der Waals surface area contributed by atoms with Gasteiger partial charge in [-0.25, -0.2) is 19.2 Å². The van der Waals surface area contributed by atoms with Crippen molar-refractivity contribution in [2.24, 2.45) is 0 Å². The van der Waals surface area contributed by atoms with Gasteiger partial charge in [-0.2, -0.15) is 0 Å². The van der Waals surface area contributed by atoms with Gasteiger partial charge in [0.2, 0.25) is 0 Å². The second kappa shape index (κ2) is 15.4. The molecule has 272 valence electrons. The summed E-state index contributed by atoms with van der Waals surface area (Å²) >= 11 is 0. The van der Waals surface area contributed by atoms with E-state index in [4.69, 9.17) is 23.7 Å². The van der Waals surface area contributed by atoms with Gasteiger partial charge in [0, 0.05) is 0 Å². The van der Waals surface area contributed by atoms with Crippen LogP contribution in [-0.2, 0) is 26.4 Å². The molecule has 0 saturated carbocycles. The second-order valence-electron chi connectivity index (χ2n) is 12.4. The number of ether oxygens (including phenoxy) is 5. The first-order chi connectivity index (χ1) is 25.8.